The van der Waals surface area contributed by atoms with Crippen LogP contribution >= 0.6 is 0 Å². The number of fused-ring (bicyclic) bond motifs is 1. The average molecular weight is 517 g/mol. The van der Waals surface area contributed by atoms with Crippen molar-refractivity contribution in [2.75, 3.05) is 6.61 Å². The summed E-state index contributed by atoms with van der Waals surface area (Å²) in [6.45, 7) is 15.6. The van der Waals surface area contributed by atoms with E-state index in [-0.39, 0.29) is 11.6 Å². The van der Waals surface area contributed by atoms with Crippen LogP contribution in [0.2, 0.25) is 18.1 Å². The Hall–Kier alpha value is -2.22. The fraction of sp³-hybridized carbons (Fsp3) is 0.586. The lowest BCUT2D eigenvalue weighted by molar-refractivity contribution is -0.180. The lowest BCUT2D eigenvalue weighted by Crippen LogP contribution is -2.54. The number of unbranched alkanes of at least 4 members (excludes halogenated alkanes) is 2. The van der Waals surface area contributed by atoms with Crippen LogP contribution in [0.4, 0.5) is 0 Å². The Labute approximate surface area is 217 Å². The van der Waals surface area contributed by atoms with Crippen molar-refractivity contribution in [3.05, 3.63) is 48.0 Å². The Bertz CT molecular complexity index is 1020. The molecular weight excluding hydrogens is 472 g/mol. The van der Waals surface area contributed by atoms with Gasteiger partial charge in [0.2, 0.25) is 0 Å². The van der Waals surface area contributed by atoms with Crippen LogP contribution in [0.3, 0.4) is 0 Å². The van der Waals surface area contributed by atoms with E-state index in [0.717, 1.165) is 19.3 Å². The lowest BCUT2D eigenvalue weighted by atomic mass is 10.0. The van der Waals surface area contributed by atoms with Gasteiger partial charge in [-0.3, -0.25) is 0 Å². The molecule has 0 aromatic heterocycles. The van der Waals surface area contributed by atoms with Crippen molar-refractivity contribution in [3.63, 3.8) is 0 Å². The Balaban J connectivity index is 1.98. The van der Waals surface area contributed by atoms with E-state index in [1.54, 1.807) is 20.8 Å². The normalized spacial score (nSPS) is 14.4. The molecule has 0 radical (unpaired) electrons. The van der Waals surface area contributed by atoms with Crippen LogP contribution in [0.25, 0.3) is 10.8 Å². The van der Waals surface area contributed by atoms with Crippen molar-refractivity contribution in [3.8, 4) is 0 Å². The third-order valence-electron chi connectivity index (χ3n) is 6.61. The Kier molecular flexibility index (Phi) is 10.3. The van der Waals surface area contributed by atoms with Crippen LogP contribution in [0.5, 0.6) is 0 Å². The Morgan fingerprint density at radius 2 is 1.53 bits per heavy atom. The number of hydrogen-bond donors (Lipinski definition) is 1. The summed E-state index contributed by atoms with van der Waals surface area (Å²) >= 11 is 0. The molecule has 0 amide bonds. The van der Waals surface area contributed by atoms with Crippen molar-refractivity contribution in [2.45, 2.75) is 103 Å². The van der Waals surface area contributed by atoms with Gasteiger partial charge in [0, 0.05) is 6.61 Å². The number of benzene rings is 2. The number of aliphatic carboxylic acids is 1. The summed E-state index contributed by atoms with van der Waals surface area (Å²) in [7, 11) is -2.48. The molecule has 0 saturated heterocycles. The van der Waals surface area contributed by atoms with Gasteiger partial charge in [-0.25, -0.2) is 9.59 Å². The molecule has 0 spiro atoms. The van der Waals surface area contributed by atoms with Crippen LogP contribution in [-0.4, -0.2) is 49.8 Å². The fourth-order valence-electron chi connectivity index (χ4n) is 3.59. The molecule has 0 bridgehead atoms. The number of ether oxygens (including phenoxy) is 2. The molecular formula is C29H44O6Si. The summed E-state index contributed by atoms with van der Waals surface area (Å²) in [6, 6.07) is 14.8. The molecule has 6 nitrogen and oxygen atoms in total. The van der Waals surface area contributed by atoms with E-state index in [1.807, 2.05) is 46.0 Å². The lowest BCUT2D eigenvalue weighted by Gasteiger charge is -2.40. The summed E-state index contributed by atoms with van der Waals surface area (Å²) in [5, 5.41) is 12.2. The highest BCUT2D eigenvalue weighted by Crippen LogP contribution is 2.38. The molecule has 0 aliphatic heterocycles. The van der Waals surface area contributed by atoms with Gasteiger partial charge in [-0.15, -0.1) is 0 Å². The van der Waals surface area contributed by atoms with Crippen LogP contribution in [0.15, 0.2) is 42.5 Å². The number of esters is 1. The summed E-state index contributed by atoms with van der Waals surface area (Å²) < 4.78 is 17.6. The van der Waals surface area contributed by atoms with Gasteiger partial charge in [0.15, 0.2) is 20.5 Å². The van der Waals surface area contributed by atoms with Crippen molar-refractivity contribution >= 4 is 31.0 Å². The van der Waals surface area contributed by atoms with Crippen molar-refractivity contribution in [1.29, 1.82) is 0 Å². The third-order valence-corrected chi connectivity index (χ3v) is 11.1. The SMILES string of the molecule is CC(C)(C)OC(=O)[C@H](O[Si](C)(C)C(C)(C)C)[C@@H](OCCCCCc1ccc2ccccc2c1)C(=O)O. The number of carbonyl (C=O) groups excluding carboxylic acids is 1. The molecule has 0 unspecified atom stereocenters. The predicted octanol–water partition coefficient (Wildman–Crippen LogP) is 6.75. The summed E-state index contributed by atoms with van der Waals surface area (Å²) in [6.07, 6.45) is 0.754. The van der Waals surface area contributed by atoms with E-state index in [9.17, 15) is 14.7 Å². The highest BCUT2D eigenvalue weighted by Gasteiger charge is 2.46. The van der Waals surface area contributed by atoms with Crippen LogP contribution in [-0.2, 0) is 29.9 Å². The summed E-state index contributed by atoms with van der Waals surface area (Å²) in [5.74, 6) is -1.92. The first-order valence-corrected chi connectivity index (χ1v) is 15.7. The second-order valence-electron chi connectivity index (χ2n) is 12.0. The fourth-order valence-corrected chi connectivity index (χ4v) is 4.80. The molecule has 2 aromatic rings. The smallest absolute Gasteiger partial charge is 0.337 e. The monoisotopic (exact) mass is 516 g/mol. The standard InChI is InChI=1S/C29H44O6Si/c1-28(2,3)34-27(32)25(35-36(7,8)29(4,5)6)24(26(30)31)33-19-13-9-10-14-21-17-18-22-15-11-12-16-23(22)20-21/h11-12,15-18,20,24-25H,9-10,13-14,19H2,1-8H3,(H,30,31)/t24-,25-/m1/s1. The minimum Gasteiger partial charge on any atom is -0.479 e. The molecule has 36 heavy (non-hydrogen) atoms. The van der Waals surface area contributed by atoms with Gasteiger partial charge in [-0.2, -0.15) is 0 Å². The first-order chi connectivity index (χ1) is 16.6. The first kappa shape index (κ1) is 30.0. The average Bonchev–Trinajstić information content (AvgIpc) is 2.75. The Morgan fingerprint density at radius 1 is 0.889 bits per heavy atom. The van der Waals surface area contributed by atoms with Gasteiger partial charge in [-0.1, -0.05) is 69.7 Å². The van der Waals surface area contributed by atoms with Gasteiger partial charge >= 0.3 is 11.9 Å². The third kappa shape index (κ3) is 9.02. The number of carboxylic acids is 1. The second kappa shape index (κ2) is 12.3. The molecule has 0 saturated carbocycles. The van der Waals surface area contributed by atoms with Gasteiger partial charge in [0.1, 0.15) is 5.60 Å². The van der Waals surface area contributed by atoms with Crippen LogP contribution < -0.4 is 0 Å². The molecule has 2 rings (SSSR count). The largest absolute Gasteiger partial charge is 0.479 e. The quantitative estimate of drug-likeness (QED) is 0.191. The number of carbonyl (C=O) groups is 2. The van der Waals surface area contributed by atoms with Gasteiger partial charge < -0.3 is 19.0 Å². The maximum Gasteiger partial charge on any atom is 0.337 e. The van der Waals surface area contributed by atoms with E-state index in [2.05, 4.69) is 30.3 Å². The van der Waals surface area contributed by atoms with E-state index in [4.69, 9.17) is 13.9 Å². The minimum atomic E-state index is -2.48. The molecule has 2 aromatic carbocycles. The maximum absolute atomic E-state index is 13.0. The van der Waals surface area contributed by atoms with E-state index < -0.39 is 38.1 Å². The number of aryl methyl sites for hydroxylation is 1. The Morgan fingerprint density at radius 3 is 2.11 bits per heavy atom. The van der Waals surface area contributed by atoms with Crippen molar-refractivity contribution < 1.29 is 28.6 Å². The number of carboxylic acid groups (broad SMARTS) is 1. The van der Waals surface area contributed by atoms with E-state index >= 15 is 0 Å². The van der Waals surface area contributed by atoms with Crippen LogP contribution in [0, 0.1) is 0 Å². The zero-order valence-corrected chi connectivity index (χ0v) is 24.2. The highest BCUT2D eigenvalue weighted by atomic mass is 28.4. The van der Waals surface area contributed by atoms with Crippen LogP contribution in [0.1, 0.15) is 66.4 Å². The number of rotatable bonds is 12. The summed E-state index contributed by atoms with van der Waals surface area (Å²) in [5.41, 5.74) is 0.517. The molecule has 2 atom stereocenters. The zero-order valence-electron chi connectivity index (χ0n) is 23.2. The minimum absolute atomic E-state index is 0.209. The molecule has 0 aliphatic rings. The van der Waals surface area contributed by atoms with E-state index in [0.29, 0.717) is 6.42 Å². The zero-order chi connectivity index (χ0) is 27.1. The molecule has 0 fully saturated rings. The highest BCUT2D eigenvalue weighted by molar-refractivity contribution is 6.74. The van der Waals surface area contributed by atoms with Gasteiger partial charge in [0.25, 0.3) is 0 Å². The van der Waals surface area contributed by atoms with Gasteiger partial charge in [0.05, 0.1) is 0 Å². The van der Waals surface area contributed by atoms with Gasteiger partial charge in [-0.05, 0) is 74.5 Å². The molecule has 0 aliphatic carbocycles. The molecule has 200 valence electrons. The van der Waals surface area contributed by atoms with E-state index in [1.165, 1.54) is 16.3 Å². The maximum atomic E-state index is 13.0. The number of hydrogen-bond acceptors (Lipinski definition) is 5. The van der Waals surface area contributed by atoms with Crippen molar-refractivity contribution in [2.24, 2.45) is 0 Å². The molecule has 7 heteroatoms. The van der Waals surface area contributed by atoms with Crippen molar-refractivity contribution in [1.82, 2.24) is 0 Å². The predicted molar refractivity (Wildman–Crippen MR) is 147 cm³/mol. The summed E-state index contributed by atoms with van der Waals surface area (Å²) in [4.78, 5) is 25.2. The second-order valence-corrected chi connectivity index (χ2v) is 16.7. The molecule has 1 N–H and O–H groups in total. The molecule has 0 heterocycles. The topological polar surface area (TPSA) is 82.1 Å². The first-order valence-electron chi connectivity index (χ1n) is 12.8.